The lowest BCUT2D eigenvalue weighted by atomic mass is 9.96. The van der Waals surface area contributed by atoms with Gasteiger partial charge >= 0.3 is 0 Å². The molecular formula is C21H24N2O. The van der Waals surface area contributed by atoms with Crippen LogP contribution in [0.4, 0.5) is 0 Å². The third kappa shape index (κ3) is 3.67. The van der Waals surface area contributed by atoms with Gasteiger partial charge in [0.05, 0.1) is 12.5 Å². The van der Waals surface area contributed by atoms with Gasteiger partial charge in [0.2, 0.25) is 5.91 Å². The number of benzene rings is 2. The predicted octanol–water partition coefficient (Wildman–Crippen LogP) is 4.39. The van der Waals surface area contributed by atoms with Crippen molar-refractivity contribution in [1.29, 1.82) is 0 Å². The van der Waals surface area contributed by atoms with Gasteiger partial charge in [0.1, 0.15) is 0 Å². The third-order valence-corrected chi connectivity index (χ3v) is 4.26. The zero-order chi connectivity index (χ0) is 16.9. The Hall–Kier alpha value is -2.55. The average Bonchev–Trinajstić information content (AvgIpc) is 3.12. The highest BCUT2D eigenvalue weighted by molar-refractivity contribution is 5.87. The maximum atomic E-state index is 12.4. The van der Waals surface area contributed by atoms with Crippen LogP contribution in [0.5, 0.6) is 0 Å². The molecule has 3 nitrogen and oxygen atoms in total. The van der Waals surface area contributed by atoms with Crippen LogP contribution in [0, 0.1) is 5.92 Å². The normalized spacial score (nSPS) is 12.5. The van der Waals surface area contributed by atoms with Crippen LogP contribution in [-0.4, -0.2) is 17.0 Å². The van der Waals surface area contributed by atoms with Crippen molar-refractivity contribution in [2.24, 2.45) is 5.92 Å². The van der Waals surface area contributed by atoms with E-state index in [0.717, 1.165) is 0 Å². The molecule has 1 atom stereocenters. The first-order chi connectivity index (χ1) is 11.6. The van der Waals surface area contributed by atoms with E-state index in [1.165, 1.54) is 16.3 Å². The Morgan fingerprint density at radius 1 is 1.00 bits per heavy atom. The quantitative estimate of drug-likeness (QED) is 0.718. The van der Waals surface area contributed by atoms with Gasteiger partial charge in [-0.25, -0.2) is 0 Å². The molecule has 3 rings (SSSR count). The first-order valence-electron chi connectivity index (χ1n) is 8.52. The van der Waals surface area contributed by atoms with E-state index >= 15 is 0 Å². The Morgan fingerprint density at radius 2 is 1.71 bits per heavy atom. The maximum absolute atomic E-state index is 12.4. The molecule has 1 amide bonds. The van der Waals surface area contributed by atoms with Crippen molar-refractivity contribution in [2.45, 2.75) is 26.3 Å². The SMILES string of the molecule is CC(C)CNC(=O)C[C@H](c1cccc2ccccc12)n1cccc1. The van der Waals surface area contributed by atoms with Gasteiger partial charge in [-0.3, -0.25) is 4.79 Å². The number of carbonyl (C=O) groups is 1. The van der Waals surface area contributed by atoms with Gasteiger partial charge in [0, 0.05) is 18.9 Å². The van der Waals surface area contributed by atoms with Gasteiger partial charge in [-0.2, -0.15) is 0 Å². The summed E-state index contributed by atoms with van der Waals surface area (Å²) in [6.07, 6.45) is 4.50. The molecule has 0 aliphatic heterocycles. The highest BCUT2D eigenvalue weighted by Gasteiger charge is 2.19. The van der Waals surface area contributed by atoms with Crippen molar-refractivity contribution < 1.29 is 4.79 Å². The molecule has 1 N–H and O–H groups in total. The van der Waals surface area contributed by atoms with E-state index < -0.39 is 0 Å². The molecule has 0 bridgehead atoms. The topological polar surface area (TPSA) is 34.0 Å². The number of hydrogen-bond donors (Lipinski definition) is 1. The Bertz CT molecular complexity index is 800. The Kier molecular flexibility index (Phi) is 4.99. The first-order valence-corrected chi connectivity index (χ1v) is 8.52. The fraction of sp³-hybridized carbons (Fsp3) is 0.286. The molecule has 0 fully saturated rings. The van der Waals surface area contributed by atoms with E-state index in [4.69, 9.17) is 0 Å². The summed E-state index contributed by atoms with van der Waals surface area (Å²) in [5.41, 5.74) is 1.18. The van der Waals surface area contributed by atoms with E-state index in [2.05, 4.69) is 60.1 Å². The lowest BCUT2D eigenvalue weighted by Gasteiger charge is -2.21. The van der Waals surface area contributed by atoms with E-state index in [9.17, 15) is 4.79 Å². The summed E-state index contributed by atoms with van der Waals surface area (Å²) in [6.45, 7) is 4.93. The van der Waals surface area contributed by atoms with E-state index in [1.54, 1.807) is 0 Å². The van der Waals surface area contributed by atoms with Gasteiger partial charge in [-0.05, 0) is 34.4 Å². The number of nitrogens with zero attached hydrogens (tertiary/aromatic N) is 1. The standard InChI is InChI=1S/C21H24N2O/c1-16(2)15-22-21(24)14-20(23-12-5-6-13-23)19-11-7-9-17-8-3-4-10-18(17)19/h3-13,16,20H,14-15H2,1-2H3,(H,22,24)/t20-/m1/s1. The van der Waals surface area contributed by atoms with E-state index in [0.29, 0.717) is 18.9 Å². The Labute approximate surface area is 143 Å². The van der Waals surface area contributed by atoms with Crippen LogP contribution in [0.15, 0.2) is 67.0 Å². The van der Waals surface area contributed by atoms with Crippen LogP contribution < -0.4 is 5.32 Å². The highest BCUT2D eigenvalue weighted by Crippen LogP contribution is 2.29. The smallest absolute Gasteiger partial charge is 0.222 e. The molecule has 0 unspecified atom stereocenters. The van der Waals surface area contributed by atoms with Gasteiger partial charge in [0.25, 0.3) is 0 Å². The van der Waals surface area contributed by atoms with Crippen molar-refractivity contribution in [1.82, 2.24) is 9.88 Å². The Balaban J connectivity index is 1.94. The molecule has 2 aromatic carbocycles. The van der Waals surface area contributed by atoms with Crippen LogP contribution in [0.1, 0.15) is 31.9 Å². The second kappa shape index (κ2) is 7.35. The molecule has 0 spiro atoms. The number of carbonyl (C=O) groups excluding carboxylic acids is 1. The number of rotatable bonds is 6. The number of amides is 1. The van der Waals surface area contributed by atoms with E-state index in [-0.39, 0.29) is 11.9 Å². The second-order valence-electron chi connectivity index (χ2n) is 6.62. The minimum atomic E-state index is -0.00161. The number of nitrogens with one attached hydrogen (secondary N) is 1. The molecular weight excluding hydrogens is 296 g/mol. The molecule has 1 aromatic heterocycles. The molecule has 0 saturated heterocycles. The lowest BCUT2D eigenvalue weighted by molar-refractivity contribution is -0.121. The summed E-state index contributed by atoms with van der Waals surface area (Å²) in [6, 6.07) is 18.7. The number of aromatic nitrogens is 1. The molecule has 3 heteroatoms. The fourth-order valence-corrected chi connectivity index (χ4v) is 3.04. The first kappa shape index (κ1) is 16.3. The molecule has 0 aliphatic rings. The average molecular weight is 320 g/mol. The number of hydrogen-bond acceptors (Lipinski definition) is 1. The fourth-order valence-electron chi connectivity index (χ4n) is 3.04. The van der Waals surface area contributed by atoms with Gasteiger partial charge in [-0.1, -0.05) is 56.3 Å². The van der Waals surface area contributed by atoms with Crippen molar-refractivity contribution in [3.05, 3.63) is 72.6 Å². The summed E-state index contributed by atoms with van der Waals surface area (Å²) in [7, 11) is 0. The molecule has 1 heterocycles. The molecule has 124 valence electrons. The van der Waals surface area contributed by atoms with Crippen LogP contribution in [-0.2, 0) is 4.79 Å². The van der Waals surface area contributed by atoms with Crippen LogP contribution in [0.2, 0.25) is 0 Å². The summed E-state index contributed by atoms with van der Waals surface area (Å²) >= 11 is 0. The van der Waals surface area contributed by atoms with Crippen molar-refractivity contribution in [2.75, 3.05) is 6.54 Å². The monoisotopic (exact) mass is 320 g/mol. The summed E-state index contributed by atoms with van der Waals surface area (Å²) in [4.78, 5) is 12.4. The van der Waals surface area contributed by atoms with E-state index in [1.807, 2.05) is 30.6 Å². The molecule has 0 saturated carbocycles. The van der Waals surface area contributed by atoms with Gasteiger partial charge < -0.3 is 9.88 Å². The maximum Gasteiger partial charge on any atom is 0.222 e. The summed E-state index contributed by atoms with van der Waals surface area (Å²) in [5, 5.41) is 5.45. The van der Waals surface area contributed by atoms with Crippen molar-refractivity contribution in [3.8, 4) is 0 Å². The van der Waals surface area contributed by atoms with Gasteiger partial charge in [0.15, 0.2) is 0 Å². The predicted molar refractivity (Wildman–Crippen MR) is 99.0 cm³/mol. The minimum absolute atomic E-state index is 0.00161. The zero-order valence-electron chi connectivity index (χ0n) is 14.3. The van der Waals surface area contributed by atoms with Crippen molar-refractivity contribution >= 4 is 16.7 Å². The second-order valence-corrected chi connectivity index (χ2v) is 6.62. The zero-order valence-corrected chi connectivity index (χ0v) is 14.3. The molecule has 0 aliphatic carbocycles. The van der Waals surface area contributed by atoms with Crippen LogP contribution in [0.25, 0.3) is 10.8 Å². The highest BCUT2D eigenvalue weighted by atomic mass is 16.1. The molecule has 24 heavy (non-hydrogen) atoms. The Morgan fingerprint density at radius 3 is 2.46 bits per heavy atom. The minimum Gasteiger partial charge on any atom is -0.356 e. The molecule has 3 aromatic rings. The van der Waals surface area contributed by atoms with Crippen LogP contribution in [0.3, 0.4) is 0 Å². The lowest BCUT2D eigenvalue weighted by Crippen LogP contribution is -2.29. The summed E-state index contributed by atoms with van der Waals surface area (Å²) in [5.74, 6) is 0.548. The summed E-state index contributed by atoms with van der Waals surface area (Å²) < 4.78 is 2.12. The third-order valence-electron chi connectivity index (χ3n) is 4.26. The largest absolute Gasteiger partial charge is 0.356 e. The molecule has 0 radical (unpaired) electrons. The van der Waals surface area contributed by atoms with Gasteiger partial charge in [-0.15, -0.1) is 0 Å². The van der Waals surface area contributed by atoms with Crippen molar-refractivity contribution in [3.63, 3.8) is 0 Å². The number of fused-ring (bicyclic) bond motifs is 1. The van der Waals surface area contributed by atoms with Crippen LogP contribution >= 0.6 is 0 Å².